The van der Waals surface area contributed by atoms with Crippen molar-refractivity contribution < 1.29 is 4.79 Å². The fourth-order valence-corrected chi connectivity index (χ4v) is 4.44. The number of halogens is 2. The fraction of sp³-hybridized carbons (Fsp3) is 0.200. The first-order valence-corrected chi connectivity index (χ1v) is 11.3. The number of hydrogen-bond donors (Lipinski definition) is 1. The van der Waals surface area contributed by atoms with Crippen molar-refractivity contribution >= 4 is 45.7 Å². The number of para-hydroxylation sites is 1. The van der Waals surface area contributed by atoms with E-state index >= 15 is 0 Å². The summed E-state index contributed by atoms with van der Waals surface area (Å²) in [6, 6.07) is 21.0. The molecule has 0 radical (unpaired) electrons. The quantitative estimate of drug-likeness (QED) is 0.334. The maximum absolute atomic E-state index is 13.7. The molecule has 0 spiro atoms. The zero-order valence-electron chi connectivity index (χ0n) is 17.6. The molecule has 1 aliphatic rings. The van der Waals surface area contributed by atoms with Crippen LogP contribution in [0, 0.1) is 5.92 Å². The number of rotatable bonds is 6. The van der Waals surface area contributed by atoms with Gasteiger partial charge in [0.25, 0.3) is 5.91 Å². The predicted octanol–water partition coefficient (Wildman–Crippen LogP) is 6.43. The van der Waals surface area contributed by atoms with E-state index in [-0.39, 0.29) is 5.91 Å². The molecule has 0 bridgehead atoms. The van der Waals surface area contributed by atoms with Crippen molar-refractivity contribution in [1.82, 2.24) is 14.8 Å². The molecular formula is C25H22Cl2N4O. The zero-order chi connectivity index (χ0) is 22.2. The number of hydrazine groups is 1. The summed E-state index contributed by atoms with van der Waals surface area (Å²) in [5.41, 5.74) is 7.14. The summed E-state index contributed by atoms with van der Waals surface area (Å²) in [6.07, 6.45) is 2.29. The number of aromatic nitrogens is 2. The van der Waals surface area contributed by atoms with Crippen molar-refractivity contribution in [3.63, 3.8) is 0 Å². The van der Waals surface area contributed by atoms with Crippen molar-refractivity contribution in [2.45, 2.75) is 12.8 Å². The largest absolute Gasteiger partial charge is 0.296 e. The number of nitrogens with one attached hydrogen (secondary N) is 1. The molecule has 1 N–H and O–H groups in total. The van der Waals surface area contributed by atoms with E-state index in [1.54, 1.807) is 28.9 Å². The highest BCUT2D eigenvalue weighted by molar-refractivity contribution is 6.36. The summed E-state index contributed by atoms with van der Waals surface area (Å²) in [4.78, 5) is 13.7. The van der Waals surface area contributed by atoms with Crippen LogP contribution >= 0.6 is 23.2 Å². The van der Waals surface area contributed by atoms with E-state index in [0.717, 1.165) is 40.6 Å². The Bertz CT molecular complexity index is 1300. The summed E-state index contributed by atoms with van der Waals surface area (Å²) in [7, 11) is 1.80. The van der Waals surface area contributed by atoms with Gasteiger partial charge in [-0.2, -0.15) is 5.10 Å². The van der Waals surface area contributed by atoms with Crippen molar-refractivity contribution in [3.8, 4) is 11.1 Å². The van der Waals surface area contributed by atoms with E-state index < -0.39 is 0 Å². The summed E-state index contributed by atoms with van der Waals surface area (Å²) in [5, 5.41) is 8.33. The molecule has 0 atom stereocenters. The van der Waals surface area contributed by atoms with Crippen LogP contribution in [0.5, 0.6) is 0 Å². The van der Waals surface area contributed by atoms with Gasteiger partial charge in [-0.05, 0) is 43.0 Å². The minimum Gasteiger partial charge on any atom is -0.296 e. The topological polar surface area (TPSA) is 50.2 Å². The Hall–Kier alpha value is -3.02. The summed E-state index contributed by atoms with van der Waals surface area (Å²) >= 11 is 12.6. The number of anilines is 1. The Kier molecular flexibility index (Phi) is 5.53. The van der Waals surface area contributed by atoms with Crippen molar-refractivity contribution in [2.75, 3.05) is 12.0 Å². The lowest BCUT2D eigenvalue weighted by atomic mass is 10.0. The Balaban J connectivity index is 1.57. The molecule has 1 fully saturated rings. The van der Waals surface area contributed by atoms with Gasteiger partial charge in [-0.1, -0.05) is 65.7 Å². The molecule has 0 saturated heterocycles. The van der Waals surface area contributed by atoms with Gasteiger partial charge in [0.05, 0.1) is 5.69 Å². The molecule has 162 valence electrons. The van der Waals surface area contributed by atoms with Crippen LogP contribution in [0.15, 0.2) is 66.7 Å². The first kappa shape index (κ1) is 20.9. The molecule has 32 heavy (non-hydrogen) atoms. The third-order valence-corrected chi connectivity index (χ3v) is 6.26. The normalized spacial score (nSPS) is 13.3. The zero-order valence-corrected chi connectivity index (χ0v) is 19.1. The number of amides is 1. The smallest absolute Gasteiger partial charge is 0.291 e. The highest BCUT2D eigenvalue weighted by Gasteiger charge is 2.30. The van der Waals surface area contributed by atoms with E-state index in [4.69, 9.17) is 28.3 Å². The second-order valence-electron chi connectivity index (χ2n) is 8.14. The lowest BCUT2D eigenvalue weighted by Crippen LogP contribution is -2.39. The van der Waals surface area contributed by atoms with Crippen LogP contribution in [0.4, 0.5) is 5.69 Å². The van der Waals surface area contributed by atoms with Crippen LogP contribution in [-0.4, -0.2) is 27.2 Å². The van der Waals surface area contributed by atoms with E-state index in [2.05, 4.69) is 5.43 Å². The van der Waals surface area contributed by atoms with Gasteiger partial charge in [-0.15, -0.1) is 0 Å². The molecule has 0 aliphatic heterocycles. The van der Waals surface area contributed by atoms with Crippen LogP contribution in [0.2, 0.25) is 10.0 Å². The summed E-state index contributed by atoms with van der Waals surface area (Å²) in [5.74, 6) is 0.420. The first-order chi connectivity index (χ1) is 15.5. The van der Waals surface area contributed by atoms with Gasteiger partial charge in [0.1, 0.15) is 11.2 Å². The Morgan fingerprint density at radius 3 is 2.56 bits per heavy atom. The van der Waals surface area contributed by atoms with Gasteiger partial charge < -0.3 is 0 Å². The van der Waals surface area contributed by atoms with E-state index in [1.165, 1.54) is 0 Å². The highest BCUT2D eigenvalue weighted by atomic mass is 35.5. The Morgan fingerprint density at radius 2 is 1.84 bits per heavy atom. The number of carbonyl (C=O) groups is 1. The molecule has 4 aromatic rings. The number of hydrogen-bond acceptors (Lipinski definition) is 3. The number of benzene rings is 3. The van der Waals surface area contributed by atoms with Crippen LogP contribution in [0.1, 0.15) is 23.3 Å². The van der Waals surface area contributed by atoms with Crippen LogP contribution in [0.25, 0.3) is 22.0 Å². The molecule has 1 aliphatic carbocycles. The molecule has 1 amide bonds. The van der Waals surface area contributed by atoms with Crippen LogP contribution in [0.3, 0.4) is 0 Å². The highest BCUT2D eigenvalue weighted by Crippen LogP contribution is 2.36. The Labute approximate surface area is 196 Å². The van der Waals surface area contributed by atoms with Gasteiger partial charge in [0.15, 0.2) is 0 Å². The van der Waals surface area contributed by atoms with Gasteiger partial charge >= 0.3 is 0 Å². The second-order valence-corrected chi connectivity index (χ2v) is 8.98. The third-order valence-electron chi connectivity index (χ3n) is 5.71. The van der Waals surface area contributed by atoms with Gasteiger partial charge in [-0.25, -0.2) is 0 Å². The number of carbonyl (C=O) groups excluding carboxylic acids is 1. The monoisotopic (exact) mass is 464 g/mol. The van der Waals surface area contributed by atoms with Gasteiger partial charge in [0, 0.05) is 40.2 Å². The van der Waals surface area contributed by atoms with Gasteiger partial charge in [-0.3, -0.25) is 19.9 Å². The van der Waals surface area contributed by atoms with Crippen LogP contribution in [-0.2, 0) is 7.05 Å². The molecule has 1 saturated carbocycles. The number of nitrogens with zero attached hydrogens (tertiary/aromatic N) is 3. The minimum absolute atomic E-state index is 0.106. The van der Waals surface area contributed by atoms with E-state index in [1.807, 2.05) is 54.6 Å². The standard InChI is InChI=1S/C25H22Cl2N4O/c1-30-24(25(32)31(15-16-10-11-16)28-18-6-3-2-4-7-18)21-9-5-8-20(23(21)29-30)19-13-12-17(26)14-22(19)27/h2-9,12-14,16,28H,10-11,15H2,1H3. The SMILES string of the molecule is Cn1nc2c(-c3ccc(Cl)cc3Cl)cccc2c1C(=O)N(CC1CC1)Nc1ccccc1. The summed E-state index contributed by atoms with van der Waals surface area (Å²) in [6.45, 7) is 0.656. The maximum Gasteiger partial charge on any atom is 0.291 e. The van der Waals surface area contributed by atoms with Gasteiger partial charge in [0.2, 0.25) is 0 Å². The van der Waals surface area contributed by atoms with Crippen molar-refractivity contribution in [2.24, 2.45) is 13.0 Å². The lowest BCUT2D eigenvalue weighted by Gasteiger charge is -2.24. The molecule has 3 aromatic carbocycles. The number of fused-ring (bicyclic) bond motifs is 1. The number of aryl methyl sites for hydroxylation is 1. The van der Waals surface area contributed by atoms with E-state index in [0.29, 0.717) is 28.2 Å². The average molecular weight is 465 g/mol. The predicted molar refractivity (Wildman–Crippen MR) is 130 cm³/mol. The fourth-order valence-electron chi connectivity index (χ4n) is 3.93. The average Bonchev–Trinajstić information content (AvgIpc) is 3.53. The molecule has 1 heterocycles. The van der Waals surface area contributed by atoms with E-state index in [9.17, 15) is 4.79 Å². The summed E-state index contributed by atoms with van der Waals surface area (Å²) < 4.78 is 1.66. The molecule has 7 heteroatoms. The third kappa shape index (κ3) is 4.06. The van der Waals surface area contributed by atoms with Crippen LogP contribution < -0.4 is 5.43 Å². The molecule has 1 aromatic heterocycles. The first-order valence-electron chi connectivity index (χ1n) is 10.6. The lowest BCUT2D eigenvalue weighted by molar-refractivity contribution is 0.0778. The molecule has 0 unspecified atom stereocenters. The molecule has 5 rings (SSSR count). The van der Waals surface area contributed by atoms with Crippen molar-refractivity contribution in [3.05, 3.63) is 82.5 Å². The molecular weight excluding hydrogens is 443 g/mol. The second kappa shape index (κ2) is 8.49. The molecule has 5 nitrogen and oxygen atoms in total. The minimum atomic E-state index is -0.106. The Morgan fingerprint density at radius 1 is 1.06 bits per heavy atom. The van der Waals surface area contributed by atoms with Crippen molar-refractivity contribution in [1.29, 1.82) is 0 Å². The maximum atomic E-state index is 13.7.